The molecule has 36 heavy (non-hydrogen) atoms. The van der Waals surface area contributed by atoms with Gasteiger partial charge in [-0.1, -0.05) is 18.2 Å². The van der Waals surface area contributed by atoms with Gasteiger partial charge >= 0.3 is 5.97 Å². The fraction of sp³-hybridized carbons (Fsp3) is 0.364. The molecule has 14 heteroatoms. The number of para-hydroxylation sites is 1. The average molecular weight is 520 g/mol. The number of hydrogen-bond acceptors (Lipinski definition) is 11. The van der Waals surface area contributed by atoms with Gasteiger partial charge in [0.05, 0.1) is 19.2 Å². The van der Waals surface area contributed by atoms with Gasteiger partial charge in [0.2, 0.25) is 0 Å². The van der Waals surface area contributed by atoms with Crippen LogP contribution in [0.1, 0.15) is 20.1 Å². The van der Waals surface area contributed by atoms with Crippen molar-refractivity contribution in [3.05, 3.63) is 54.9 Å². The second-order valence-electron chi connectivity index (χ2n) is 7.84. The molecule has 2 unspecified atom stereocenters. The molecule has 0 radical (unpaired) electrons. The molecule has 2 aromatic heterocycles. The van der Waals surface area contributed by atoms with Gasteiger partial charge in [0.1, 0.15) is 30.0 Å². The van der Waals surface area contributed by atoms with E-state index in [9.17, 15) is 13.8 Å². The van der Waals surface area contributed by atoms with E-state index in [0.717, 1.165) is 6.08 Å². The fourth-order valence-corrected chi connectivity index (χ4v) is 5.00. The van der Waals surface area contributed by atoms with Crippen LogP contribution in [0, 0.1) is 0 Å². The van der Waals surface area contributed by atoms with Crippen LogP contribution >= 0.6 is 7.37 Å². The number of carbonyl (C=O) groups is 1. The molecule has 4 atom stereocenters. The number of imidazole rings is 1. The maximum Gasteiger partial charge on any atom is 0.322 e. The summed E-state index contributed by atoms with van der Waals surface area (Å²) < 4.78 is 51.8. The second-order valence-corrected chi connectivity index (χ2v) is 10.2. The number of benzene rings is 1. The third-order valence-electron chi connectivity index (χ3n) is 5.16. The Balaban J connectivity index is 1.44. The zero-order chi connectivity index (χ0) is 25.7. The molecule has 0 bridgehead atoms. The Morgan fingerprint density at radius 1 is 1.31 bits per heavy atom. The molecule has 0 aliphatic carbocycles. The molecule has 0 saturated carbocycles. The van der Waals surface area contributed by atoms with Crippen molar-refractivity contribution in [3.8, 4) is 5.75 Å². The topological polar surface area (TPSA) is 153 Å². The highest BCUT2D eigenvalue weighted by molar-refractivity contribution is 7.59. The van der Waals surface area contributed by atoms with Crippen LogP contribution in [-0.4, -0.2) is 57.1 Å². The lowest BCUT2D eigenvalue weighted by Crippen LogP contribution is -2.36. The number of nitrogen functional groups attached to an aromatic ring is 1. The zero-order valence-electron chi connectivity index (χ0n) is 19.6. The van der Waals surface area contributed by atoms with Crippen LogP contribution in [0.2, 0.25) is 0 Å². The molecule has 3 N–H and O–H groups in total. The first kappa shape index (κ1) is 25.7. The molecule has 0 amide bonds. The van der Waals surface area contributed by atoms with Crippen molar-refractivity contribution in [3.63, 3.8) is 0 Å². The van der Waals surface area contributed by atoms with Crippen LogP contribution in [-0.2, 0) is 23.6 Å². The monoisotopic (exact) mass is 520 g/mol. The summed E-state index contributed by atoms with van der Waals surface area (Å²) in [6.45, 7) is 3.49. The van der Waals surface area contributed by atoms with Gasteiger partial charge in [-0.2, -0.15) is 0 Å². The van der Waals surface area contributed by atoms with Gasteiger partial charge in [0, 0.05) is 6.08 Å². The quantitative estimate of drug-likeness (QED) is 0.283. The number of nitrogens with two attached hydrogens (primary N) is 1. The van der Waals surface area contributed by atoms with Crippen molar-refractivity contribution in [1.29, 1.82) is 0 Å². The first-order chi connectivity index (χ1) is 17.3. The normalized spacial score (nSPS) is 20.0. The smallest absolute Gasteiger partial charge is 0.322 e. The summed E-state index contributed by atoms with van der Waals surface area (Å²) in [7, 11) is -3.58. The number of nitrogens with zero attached hydrogens (tertiary/aromatic N) is 4. The minimum absolute atomic E-state index is 0.150. The van der Waals surface area contributed by atoms with E-state index in [1.54, 1.807) is 44.2 Å². The van der Waals surface area contributed by atoms with Crippen LogP contribution in [0.25, 0.3) is 11.2 Å². The maximum atomic E-state index is 14.8. The summed E-state index contributed by atoms with van der Waals surface area (Å²) in [6.07, 6.45) is 0.690. The van der Waals surface area contributed by atoms with Gasteiger partial charge in [0.15, 0.2) is 29.8 Å². The minimum Gasteiger partial charge on any atom is -0.465 e. The molecule has 1 aliphatic rings. The van der Waals surface area contributed by atoms with Crippen molar-refractivity contribution in [1.82, 2.24) is 24.8 Å². The summed E-state index contributed by atoms with van der Waals surface area (Å²) >= 11 is 0. The van der Waals surface area contributed by atoms with E-state index in [4.69, 9.17) is 24.5 Å². The van der Waals surface area contributed by atoms with Gasteiger partial charge in [-0.15, -0.1) is 0 Å². The van der Waals surface area contributed by atoms with Crippen LogP contribution in [0.4, 0.5) is 10.2 Å². The Morgan fingerprint density at radius 2 is 2.08 bits per heavy atom. The zero-order valence-corrected chi connectivity index (χ0v) is 20.5. The number of fused-ring (bicyclic) bond motifs is 1. The number of ether oxygens (including phenoxy) is 3. The molecular formula is C22H26FN6O6P. The lowest BCUT2D eigenvalue weighted by molar-refractivity contribution is -0.145. The average Bonchev–Trinajstić information content (AvgIpc) is 3.46. The molecule has 1 aliphatic heterocycles. The Labute approximate surface area is 206 Å². The molecule has 1 aromatic carbocycles. The summed E-state index contributed by atoms with van der Waals surface area (Å²) in [5, 5.41) is 2.86. The van der Waals surface area contributed by atoms with Crippen LogP contribution in [0.15, 0.2) is 54.9 Å². The second kappa shape index (κ2) is 11.1. The third kappa shape index (κ3) is 5.88. The van der Waals surface area contributed by atoms with Crippen molar-refractivity contribution in [2.45, 2.75) is 32.4 Å². The molecule has 4 rings (SSSR count). The number of esters is 1. The Morgan fingerprint density at radius 3 is 2.83 bits per heavy atom. The van der Waals surface area contributed by atoms with E-state index in [-0.39, 0.29) is 24.4 Å². The highest BCUT2D eigenvalue weighted by atomic mass is 31.2. The number of rotatable bonds is 11. The largest absolute Gasteiger partial charge is 0.465 e. The van der Waals surface area contributed by atoms with E-state index in [1.165, 1.54) is 17.2 Å². The summed E-state index contributed by atoms with van der Waals surface area (Å²) in [6, 6.07) is 7.79. The van der Waals surface area contributed by atoms with E-state index >= 15 is 0 Å². The Bertz CT molecular complexity index is 1290. The molecule has 0 fully saturated rings. The highest BCUT2D eigenvalue weighted by Crippen LogP contribution is 2.47. The van der Waals surface area contributed by atoms with Gasteiger partial charge < -0.3 is 24.5 Å². The number of carbonyl (C=O) groups excluding carboxylic acids is 1. The number of hydrogen-bond donors (Lipinski definition) is 2. The van der Waals surface area contributed by atoms with Crippen molar-refractivity contribution < 1.29 is 32.5 Å². The highest BCUT2D eigenvalue weighted by Gasteiger charge is 2.34. The standard InChI is InChI=1S/C22H26FN6O6P/c1-3-32-22(30)14(2)28-12-36(31,35-15-7-5-4-6-8-15)13-33-17-9-16(23)21(34-17)29-11-27-18-19(24)25-10-26-20(18)29/h4-11,14,17,21,28H,3,12-13H2,1-2H3,(H2,24,25,26)/t14?,17-,21?,36-/m0/s1. The van der Waals surface area contributed by atoms with E-state index in [0.29, 0.717) is 11.3 Å². The lowest BCUT2D eigenvalue weighted by Gasteiger charge is -2.23. The Kier molecular flexibility index (Phi) is 7.94. The van der Waals surface area contributed by atoms with Crippen LogP contribution < -0.4 is 15.6 Å². The maximum absolute atomic E-state index is 14.8. The lowest BCUT2D eigenvalue weighted by atomic mass is 10.3. The predicted octanol–water partition coefficient (Wildman–Crippen LogP) is 2.95. The number of anilines is 1. The van der Waals surface area contributed by atoms with Crippen molar-refractivity contribution >= 4 is 30.3 Å². The van der Waals surface area contributed by atoms with Gasteiger partial charge in [-0.3, -0.25) is 19.2 Å². The number of aromatic nitrogens is 4. The molecule has 192 valence electrons. The van der Waals surface area contributed by atoms with Crippen LogP contribution in [0.3, 0.4) is 0 Å². The summed E-state index contributed by atoms with van der Waals surface area (Å²) in [5.41, 5.74) is 6.38. The first-order valence-corrected chi connectivity index (χ1v) is 13.1. The number of nitrogens with one attached hydrogen (secondary N) is 1. The molecular weight excluding hydrogens is 494 g/mol. The molecule has 0 saturated heterocycles. The number of halogens is 1. The van der Waals surface area contributed by atoms with E-state index < -0.39 is 44.1 Å². The van der Waals surface area contributed by atoms with Gasteiger partial charge in [-0.25, -0.2) is 19.3 Å². The Hall–Kier alpha value is -3.38. The van der Waals surface area contributed by atoms with Crippen molar-refractivity contribution in [2.75, 3.05) is 25.0 Å². The van der Waals surface area contributed by atoms with E-state index in [2.05, 4.69) is 20.3 Å². The van der Waals surface area contributed by atoms with Gasteiger partial charge in [0.25, 0.3) is 7.37 Å². The van der Waals surface area contributed by atoms with Crippen molar-refractivity contribution in [2.24, 2.45) is 0 Å². The fourth-order valence-electron chi connectivity index (χ4n) is 3.36. The summed E-state index contributed by atoms with van der Waals surface area (Å²) in [4.78, 5) is 24.0. The minimum atomic E-state index is -3.58. The molecule has 12 nitrogen and oxygen atoms in total. The molecule has 3 aromatic rings. The van der Waals surface area contributed by atoms with E-state index in [1.807, 2.05) is 0 Å². The molecule has 3 heterocycles. The predicted molar refractivity (Wildman–Crippen MR) is 128 cm³/mol. The van der Waals surface area contributed by atoms with Gasteiger partial charge in [-0.05, 0) is 26.0 Å². The molecule has 0 spiro atoms. The third-order valence-corrected chi connectivity index (χ3v) is 6.91. The SMILES string of the molecule is CCOC(=O)C(C)NC[P@@](=O)(CO[C@@H]1C=C(F)C(n2cnc3c(N)ncnc32)O1)Oc1ccccc1. The van der Waals surface area contributed by atoms with Crippen LogP contribution in [0.5, 0.6) is 5.75 Å². The first-order valence-electron chi connectivity index (χ1n) is 11.1. The summed E-state index contributed by atoms with van der Waals surface area (Å²) in [5.74, 6) is -0.639.